The van der Waals surface area contributed by atoms with Crippen LogP contribution in [-0.4, -0.2) is 0 Å². The van der Waals surface area contributed by atoms with Gasteiger partial charge in [-0.15, -0.1) is 0 Å². The summed E-state index contributed by atoms with van der Waals surface area (Å²) in [6.45, 7) is 9.25. The Morgan fingerprint density at radius 2 is 1.51 bits per heavy atom. The lowest BCUT2D eigenvalue weighted by molar-refractivity contribution is -0.778. The minimum absolute atomic E-state index is 0.0774. The van der Waals surface area contributed by atoms with Crippen LogP contribution >= 0.6 is 0 Å². The maximum atomic E-state index is 2.66. The van der Waals surface area contributed by atoms with E-state index in [1.807, 2.05) is 0 Å². The van der Waals surface area contributed by atoms with E-state index in [1.165, 1.54) is 68.5 Å². The Kier molecular flexibility index (Phi) is 6.19. The zero-order valence-corrected chi connectivity index (χ0v) is 24.8. The van der Waals surface area contributed by atoms with Crippen molar-refractivity contribution < 1.29 is 9.13 Å². The number of benzene rings is 3. The van der Waals surface area contributed by atoms with Crippen LogP contribution < -0.4 is 9.13 Å². The lowest BCUT2D eigenvalue weighted by Gasteiger charge is -2.52. The highest BCUT2D eigenvalue weighted by molar-refractivity contribution is 5.95. The SMILES string of the molecule is CCCCc1ccc2c3[n+](ccc2c1)C1(CC)C([n+]2ccccc2-c2ccccc2C)=CC1(CC)c1ccccc1-3. The maximum Gasteiger partial charge on any atom is 0.264 e. The van der Waals surface area contributed by atoms with Gasteiger partial charge in [-0.2, -0.15) is 9.13 Å². The molecule has 204 valence electrons. The van der Waals surface area contributed by atoms with Gasteiger partial charge < -0.3 is 0 Å². The van der Waals surface area contributed by atoms with Crippen molar-refractivity contribution in [2.75, 3.05) is 0 Å². The summed E-state index contributed by atoms with van der Waals surface area (Å²) in [6.07, 6.45) is 12.9. The van der Waals surface area contributed by atoms with Crippen molar-refractivity contribution in [2.45, 2.75) is 70.8 Å². The van der Waals surface area contributed by atoms with E-state index in [0.717, 1.165) is 19.3 Å². The van der Waals surface area contributed by atoms with E-state index in [9.17, 15) is 0 Å². The van der Waals surface area contributed by atoms with Gasteiger partial charge in [-0.1, -0.05) is 75.7 Å². The van der Waals surface area contributed by atoms with Crippen molar-refractivity contribution >= 4 is 16.5 Å². The van der Waals surface area contributed by atoms with Crippen LogP contribution in [0.2, 0.25) is 0 Å². The average Bonchev–Trinajstić information content (AvgIpc) is 3.01. The first kappa shape index (κ1) is 25.9. The number of hydrogen-bond donors (Lipinski definition) is 0. The fourth-order valence-electron chi connectivity index (χ4n) is 8.05. The molecule has 41 heavy (non-hydrogen) atoms. The van der Waals surface area contributed by atoms with Crippen molar-refractivity contribution in [2.24, 2.45) is 0 Å². The first-order chi connectivity index (χ1) is 20.1. The van der Waals surface area contributed by atoms with Gasteiger partial charge in [0.1, 0.15) is 0 Å². The Bertz CT molecular complexity index is 1830. The maximum absolute atomic E-state index is 2.66. The van der Waals surface area contributed by atoms with Gasteiger partial charge in [0.15, 0.2) is 12.4 Å². The molecule has 0 radical (unpaired) electrons. The third kappa shape index (κ3) is 3.49. The van der Waals surface area contributed by atoms with Crippen LogP contribution in [0.1, 0.15) is 63.1 Å². The molecule has 2 atom stereocenters. The van der Waals surface area contributed by atoms with E-state index in [1.54, 1.807) is 0 Å². The van der Waals surface area contributed by atoms with Crippen LogP contribution in [0.5, 0.6) is 0 Å². The number of unbranched alkanes of at least 4 members (excludes halogenated alkanes) is 1. The second kappa shape index (κ2) is 9.80. The Balaban J connectivity index is 1.53. The molecule has 1 aliphatic heterocycles. The highest BCUT2D eigenvalue weighted by Gasteiger charge is 2.74. The van der Waals surface area contributed by atoms with Crippen molar-refractivity contribution in [3.05, 3.63) is 126 Å². The van der Waals surface area contributed by atoms with Crippen molar-refractivity contribution in [1.82, 2.24) is 0 Å². The Morgan fingerprint density at radius 3 is 2.29 bits per heavy atom. The fraction of sp³-hybridized carbons (Fsp3) is 0.282. The molecule has 2 nitrogen and oxygen atoms in total. The number of allylic oxidation sites excluding steroid dienone is 2. The molecular weight excluding hydrogens is 496 g/mol. The molecule has 0 amide bonds. The van der Waals surface area contributed by atoms with Gasteiger partial charge in [0, 0.05) is 36.3 Å². The number of aromatic nitrogens is 2. The highest BCUT2D eigenvalue weighted by atomic mass is 15.2. The largest absolute Gasteiger partial charge is 0.264 e. The smallest absolute Gasteiger partial charge is 0.181 e. The summed E-state index contributed by atoms with van der Waals surface area (Å²) in [5, 5.41) is 2.69. The molecule has 2 heteroatoms. The van der Waals surface area contributed by atoms with Crippen LogP contribution in [0.15, 0.2) is 109 Å². The zero-order valence-electron chi connectivity index (χ0n) is 24.8. The number of rotatable bonds is 7. The monoisotopic (exact) mass is 536 g/mol. The topological polar surface area (TPSA) is 7.76 Å². The third-order valence-electron chi connectivity index (χ3n) is 10.1. The summed E-state index contributed by atoms with van der Waals surface area (Å²) in [4.78, 5) is 0. The highest BCUT2D eigenvalue weighted by Crippen LogP contribution is 2.61. The summed E-state index contributed by atoms with van der Waals surface area (Å²) in [5.41, 5.74) is 10.6. The Morgan fingerprint density at radius 1 is 0.732 bits per heavy atom. The number of nitrogens with zero attached hydrogens (tertiary/aromatic N) is 2. The van der Waals surface area contributed by atoms with Gasteiger partial charge in [-0.3, -0.25) is 0 Å². The quantitative estimate of drug-likeness (QED) is 0.184. The predicted molar refractivity (Wildman–Crippen MR) is 170 cm³/mol. The van der Waals surface area contributed by atoms with Gasteiger partial charge in [-0.05, 0) is 72.5 Å². The number of hydrogen-bond acceptors (Lipinski definition) is 0. The molecule has 3 heterocycles. The summed E-state index contributed by atoms with van der Waals surface area (Å²) < 4.78 is 5.13. The Hall–Kier alpha value is -4.04. The molecule has 1 aliphatic carbocycles. The molecule has 5 aromatic rings. The Labute approximate surface area is 244 Å². The second-order valence-corrected chi connectivity index (χ2v) is 11.9. The molecule has 0 N–H and O–H groups in total. The molecule has 3 aromatic carbocycles. The second-order valence-electron chi connectivity index (χ2n) is 11.9. The van der Waals surface area contributed by atoms with E-state index < -0.39 is 0 Å². The number of aryl methyl sites for hydroxylation is 2. The summed E-state index contributed by atoms with van der Waals surface area (Å²) >= 11 is 0. The normalized spacial score (nSPS) is 20.5. The third-order valence-corrected chi connectivity index (χ3v) is 10.1. The summed E-state index contributed by atoms with van der Waals surface area (Å²) in [6, 6.07) is 34.1. The molecule has 7 rings (SSSR count). The van der Waals surface area contributed by atoms with Crippen LogP contribution in [0.25, 0.3) is 39.0 Å². The van der Waals surface area contributed by atoms with E-state index in [2.05, 4.69) is 146 Å². The molecular formula is C39H40N2+2. The first-order valence-electron chi connectivity index (χ1n) is 15.5. The standard InChI is InChI=1S/C39H40N2/c1-5-8-16-29-21-22-32-30(26-29)23-25-41-37(32)33-18-11-12-19-34(33)38(6-2)27-36(39(38,41)7-3)40-24-14-13-20-35(40)31-17-10-9-15-28(31)4/h9-15,17-27H,5-8,16H2,1-4H3/q+2. The van der Waals surface area contributed by atoms with Crippen molar-refractivity contribution in [3.8, 4) is 22.5 Å². The molecule has 2 aromatic heterocycles. The number of pyridine rings is 2. The van der Waals surface area contributed by atoms with Gasteiger partial charge in [0.05, 0.1) is 16.4 Å². The van der Waals surface area contributed by atoms with E-state index >= 15 is 0 Å². The van der Waals surface area contributed by atoms with Crippen LogP contribution in [-0.2, 0) is 17.4 Å². The van der Waals surface area contributed by atoms with Crippen molar-refractivity contribution in [1.29, 1.82) is 0 Å². The van der Waals surface area contributed by atoms with Gasteiger partial charge in [-0.25, -0.2) is 0 Å². The zero-order chi connectivity index (χ0) is 28.2. The molecule has 0 saturated heterocycles. The van der Waals surface area contributed by atoms with E-state index in [-0.39, 0.29) is 11.0 Å². The molecule has 0 spiro atoms. The van der Waals surface area contributed by atoms with Crippen LogP contribution in [0.4, 0.5) is 0 Å². The van der Waals surface area contributed by atoms with Gasteiger partial charge in [0.2, 0.25) is 11.4 Å². The van der Waals surface area contributed by atoms with Gasteiger partial charge >= 0.3 is 0 Å². The lowest BCUT2D eigenvalue weighted by atomic mass is 9.50. The molecule has 0 saturated carbocycles. The van der Waals surface area contributed by atoms with Crippen LogP contribution in [0.3, 0.4) is 0 Å². The van der Waals surface area contributed by atoms with Gasteiger partial charge in [0.25, 0.3) is 11.2 Å². The first-order valence-corrected chi connectivity index (χ1v) is 15.5. The van der Waals surface area contributed by atoms with Crippen LogP contribution in [0, 0.1) is 6.92 Å². The lowest BCUT2D eigenvalue weighted by Crippen LogP contribution is -2.77. The molecule has 0 fully saturated rings. The minimum Gasteiger partial charge on any atom is -0.181 e. The fourth-order valence-corrected chi connectivity index (χ4v) is 8.05. The average molecular weight is 537 g/mol. The van der Waals surface area contributed by atoms with E-state index in [4.69, 9.17) is 0 Å². The minimum atomic E-state index is -0.204. The number of fused-ring (bicyclic) bond motifs is 8. The summed E-state index contributed by atoms with van der Waals surface area (Å²) in [7, 11) is 0. The molecule has 2 aliphatic rings. The summed E-state index contributed by atoms with van der Waals surface area (Å²) in [5.74, 6) is 0. The molecule has 0 bridgehead atoms. The van der Waals surface area contributed by atoms with Crippen molar-refractivity contribution in [3.63, 3.8) is 0 Å². The van der Waals surface area contributed by atoms with E-state index in [0.29, 0.717) is 0 Å². The molecule has 2 unspecified atom stereocenters. The predicted octanol–water partition coefficient (Wildman–Crippen LogP) is 8.72.